The molecule has 0 aliphatic heterocycles. The zero-order valence-corrected chi connectivity index (χ0v) is 23.7. The van der Waals surface area contributed by atoms with Gasteiger partial charge in [-0.3, -0.25) is 0 Å². The Kier molecular flexibility index (Phi) is 13.9. The molecule has 0 saturated heterocycles. The summed E-state index contributed by atoms with van der Waals surface area (Å²) in [6.07, 6.45) is 5.62. The standard InChI is InChI=1S/C30H37ClN4O5/c1-35(16-19-39-30(36)33-15-18-38-21-20-37-17-7-3-2-6-14-31)26-12-10-24(11-13-26)22-25(23-32)29-34-27-8-4-5-9-28(27)40-29/h4-5,8-13,22H,2-3,6-7,14-21H2,1H3,(H,33,36)/b25-22+. The molecule has 0 fully saturated rings. The lowest BCUT2D eigenvalue weighted by atomic mass is 10.1. The molecular weight excluding hydrogens is 532 g/mol. The number of amides is 1. The number of oxazole rings is 1. The van der Waals surface area contributed by atoms with E-state index < -0.39 is 6.09 Å². The predicted molar refractivity (Wildman–Crippen MR) is 157 cm³/mol. The molecule has 1 aromatic heterocycles. The summed E-state index contributed by atoms with van der Waals surface area (Å²) in [5, 5.41) is 12.3. The van der Waals surface area contributed by atoms with Crippen molar-refractivity contribution in [2.45, 2.75) is 25.7 Å². The van der Waals surface area contributed by atoms with Gasteiger partial charge in [0.1, 0.15) is 23.8 Å². The molecule has 1 N–H and O–H groups in total. The Morgan fingerprint density at radius 1 is 1.02 bits per heavy atom. The van der Waals surface area contributed by atoms with Crippen molar-refractivity contribution in [3.05, 3.63) is 60.0 Å². The maximum absolute atomic E-state index is 11.9. The number of para-hydroxylation sites is 2. The number of benzene rings is 2. The van der Waals surface area contributed by atoms with Gasteiger partial charge < -0.3 is 28.8 Å². The summed E-state index contributed by atoms with van der Waals surface area (Å²) < 4.78 is 21.9. The Balaban J connectivity index is 1.29. The lowest BCUT2D eigenvalue weighted by Gasteiger charge is -2.19. The predicted octanol–water partition coefficient (Wildman–Crippen LogP) is 5.89. The summed E-state index contributed by atoms with van der Waals surface area (Å²) in [5.74, 6) is 1.01. The highest BCUT2D eigenvalue weighted by Crippen LogP contribution is 2.23. The number of likely N-dealkylation sites (N-methyl/N-ethyl adjacent to an activating group) is 1. The van der Waals surface area contributed by atoms with Gasteiger partial charge in [-0.25, -0.2) is 9.78 Å². The number of nitrogens with one attached hydrogen (secondary N) is 1. The second kappa shape index (κ2) is 17.9. The highest BCUT2D eigenvalue weighted by Gasteiger charge is 2.11. The van der Waals surface area contributed by atoms with Crippen LogP contribution >= 0.6 is 11.6 Å². The number of rotatable bonds is 18. The van der Waals surface area contributed by atoms with Crippen LogP contribution in [0.1, 0.15) is 37.1 Å². The molecule has 0 aliphatic carbocycles. The molecule has 10 heteroatoms. The van der Waals surface area contributed by atoms with Gasteiger partial charge in [-0.1, -0.05) is 37.1 Å². The quantitative estimate of drug-likeness (QED) is 0.115. The smallest absolute Gasteiger partial charge is 0.407 e. The number of alkyl carbamates (subject to hydrolysis) is 1. The highest BCUT2D eigenvalue weighted by atomic mass is 35.5. The summed E-state index contributed by atoms with van der Waals surface area (Å²) >= 11 is 5.65. The fourth-order valence-corrected chi connectivity index (χ4v) is 3.96. The van der Waals surface area contributed by atoms with E-state index in [1.54, 1.807) is 6.08 Å². The summed E-state index contributed by atoms with van der Waals surface area (Å²) in [6.45, 7) is 3.29. The molecule has 3 aromatic rings. The maximum Gasteiger partial charge on any atom is 0.407 e. The van der Waals surface area contributed by atoms with Gasteiger partial charge in [0.25, 0.3) is 0 Å². The molecule has 3 rings (SSSR count). The van der Waals surface area contributed by atoms with Gasteiger partial charge in [-0.05, 0) is 48.7 Å². The zero-order chi connectivity index (χ0) is 28.4. The van der Waals surface area contributed by atoms with Crippen LogP contribution in [0, 0.1) is 11.3 Å². The lowest BCUT2D eigenvalue weighted by molar-refractivity contribution is 0.0469. The van der Waals surface area contributed by atoms with Crippen molar-refractivity contribution in [1.82, 2.24) is 10.3 Å². The Morgan fingerprint density at radius 2 is 1.77 bits per heavy atom. The Bertz CT molecular complexity index is 1210. The van der Waals surface area contributed by atoms with Gasteiger partial charge in [0.2, 0.25) is 5.89 Å². The Hall–Kier alpha value is -3.58. The molecule has 0 aliphatic rings. The average molecular weight is 569 g/mol. The fraction of sp³-hybridized carbons (Fsp3) is 0.433. The SMILES string of the molecule is CN(CCOC(=O)NCCOCCOCCCCCCCl)c1ccc(/C=C(\C#N)c2nc3ccccc3o2)cc1. The molecule has 0 atom stereocenters. The lowest BCUT2D eigenvalue weighted by Crippen LogP contribution is -2.31. The van der Waals surface area contributed by atoms with Crippen LogP contribution in [0.4, 0.5) is 10.5 Å². The van der Waals surface area contributed by atoms with E-state index in [0.29, 0.717) is 55.5 Å². The van der Waals surface area contributed by atoms with E-state index in [1.165, 1.54) is 0 Å². The van der Waals surface area contributed by atoms with Crippen LogP contribution in [0.15, 0.2) is 52.9 Å². The van der Waals surface area contributed by atoms with Crippen LogP contribution < -0.4 is 10.2 Å². The summed E-state index contributed by atoms with van der Waals surface area (Å²) in [5.41, 5.74) is 3.49. The monoisotopic (exact) mass is 568 g/mol. The van der Waals surface area contributed by atoms with Crippen LogP contribution in [0.3, 0.4) is 0 Å². The molecule has 1 amide bonds. The first kappa shape index (κ1) is 31.0. The van der Waals surface area contributed by atoms with E-state index in [1.807, 2.05) is 60.5 Å². The van der Waals surface area contributed by atoms with Gasteiger partial charge in [-0.2, -0.15) is 5.26 Å². The van der Waals surface area contributed by atoms with Crippen LogP contribution in [0.25, 0.3) is 22.7 Å². The van der Waals surface area contributed by atoms with E-state index in [9.17, 15) is 10.1 Å². The highest BCUT2D eigenvalue weighted by molar-refractivity contribution is 6.17. The number of unbranched alkanes of at least 4 members (excludes halogenated alkanes) is 3. The van der Waals surface area contributed by atoms with Crippen LogP contribution in [0.5, 0.6) is 0 Å². The number of fused-ring (bicyclic) bond motifs is 1. The second-order valence-electron chi connectivity index (χ2n) is 9.06. The molecule has 0 unspecified atom stereocenters. The molecule has 0 bridgehead atoms. The number of anilines is 1. The van der Waals surface area contributed by atoms with Crippen molar-refractivity contribution in [3.8, 4) is 6.07 Å². The summed E-state index contributed by atoms with van der Waals surface area (Å²) in [4.78, 5) is 18.3. The number of alkyl halides is 1. The molecule has 0 radical (unpaired) electrons. The molecule has 9 nitrogen and oxygen atoms in total. The third kappa shape index (κ3) is 10.9. The van der Waals surface area contributed by atoms with Crippen molar-refractivity contribution in [2.75, 3.05) is 64.0 Å². The first-order chi connectivity index (χ1) is 19.6. The van der Waals surface area contributed by atoms with Gasteiger partial charge in [0, 0.05) is 31.8 Å². The number of ether oxygens (including phenoxy) is 3. The molecule has 2 aromatic carbocycles. The van der Waals surface area contributed by atoms with Crippen molar-refractivity contribution in [1.29, 1.82) is 5.26 Å². The number of allylic oxidation sites excluding steroid dienone is 1. The Morgan fingerprint density at radius 3 is 2.52 bits per heavy atom. The maximum atomic E-state index is 11.9. The van der Waals surface area contributed by atoms with Gasteiger partial charge in [0.15, 0.2) is 5.58 Å². The van der Waals surface area contributed by atoms with Crippen molar-refractivity contribution in [3.63, 3.8) is 0 Å². The van der Waals surface area contributed by atoms with E-state index in [0.717, 1.165) is 49.4 Å². The Labute approximate surface area is 240 Å². The molecular formula is C30H37ClN4O5. The van der Waals surface area contributed by atoms with Gasteiger partial charge in [0.05, 0.1) is 26.4 Å². The summed E-state index contributed by atoms with van der Waals surface area (Å²) in [7, 11) is 1.92. The van der Waals surface area contributed by atoms with Crippen molar-refractivity contribution >= 4 is 46.1 Å². The van der Waals surface area contributed by atoms with E-state index in [-0.39, 0.29) is 6.61 Å². The molecule has 0 spiro atoms. The van der Waals surface area contributed by atoms with Crippen LogP contribution in [-0.2, 0) is 14.2 Å². The third-order valence-corrected chi connectivity index (χ3v) is 6.28. The van der Waals surface area contributed by atoms with E-state index in [4.69, 9.17) is 30.2 Å². The van der Waals surface area contributed by atoms with Gasteiger partial charge >= 0.3 is 6.09 Å². The number of carbonyl (C=O) groups is 1. The number of nitriles is 1. The minimum atomic E-state index is -0.478. The second-order valence-corrected chi connectivity index (χ2v) is 9.44. The summed E-state index contributed by atoms with van der Waals surface area (Å²) in [6, 6.07) is 17.3. The van der Waals surface area contributed by atoms with E-state index >= 15 is 0 Å². The molecule has 1 heterocycles. The first-order valence-electron chi connectivity index (χ1n) is 13.5. The zero-order valence-electron chi connectivity index (χ0n) is 22.9. The van der Waals surface area contributed by atoms with Gasteiger partial charge in [-0.15, -0.1) is 11.6 Å². The minimum absolute atomic E-state index is 0.236. The number of carbonyl (C=O) groups excluding carboxylic acids is 1. The van der Waals surface area contributed by atoms with Crippen molar-refractivity contribution < 1.29 is 23.4 Å². The number of halogens is 1. The molecule has 40 heavy (non-hydrogen) atoms. The first-order valence-corrected chi connectivity index (χ1v) is 14.0. The number of hydrogen-bond donors (Lipinski definition) is 1. The average Bonchev–Trinajstić information content (AvgIpc) is 3.41. The van der Waals surface area contributed by atoms with Crippen LogP contribution in [0.2, 0.25) is 0 Å². The normalized spacial score (nSPS) is 11.4. The number of hydrogen-bond acceptors (Lipinski definition) is 8. The minimum Gasteiger partial charge on any atom is -0.448 e. The molecule has 0 saturated carbocycles. The topological polar surface area (TPSA) is 110 Å². The number of aromatic nitrogens is 1. The van der Waals surface area contributed by atoms with Crippen molar-refractivity contribution in [2.24, 2.45) is 0 Å². The van der Waals surface area contributed by atoms with E-state index in [2.05, 4.69) is 16.4 Å². The molecule has 214 valence electrons. The fourth-order valence-electron chi connectivity index (χ4n) is 3.78. The van der Waals surface area contributed by atoms with Crippen LogP contribution in [-0.4, -0.2) is 70.1 Å². The number of nitrogens with zero attached hydrogens (tertiary/aromatic N) is 3. The third-order valence-electron chi connectivity index (χ3n) is 6.01. The largest absolute Gasteiger partial charge is 0.448 e.